The lowest BCUT2D eigenvalue weighted by atomic mass is 10.1. The normalized spacial score (nSPS) is 10.9. The summed E-state index contributed by atoms with van der Waals surface area (Å²) in [5.74, 6) is -0.258. The zero-order valence-electron chi connectivity index (χ0n) is 11.3. The van der Waals surface area contributed by atoms with Gasteiger partial charge in [0.1, 0.15) is 5.82 Å². The Morgan fingerprint density at radius 3 is 2.90 bits per heavy atom. The van der Waals surface area contributed by atoms with Crippen LogP contribution in [0.25, 0.3) is 22.2 Å². The molecule has 0 atom stereocenters. The Labute approximate surface area is 120 Å². The fraction of sp³-hybridized carbons (Fsp3) is 0.200. The van der Waals surface area contributed by atoms with E-state index < -0.39 is 0 Å². The molecule has 0 radical (unpaired) electrons. The second-order valence-corrected chi connectivity index (χ2v) is 5.40. The molecule has 0 saturated heterocycles. The number of benzene rings is 1. The molecule has 1 N–H and O–H groups in total. The molecule has 0 aliphatic rings. The average molecular weight is 287 g/mol. The third-order valence-electron chi connectivity index (χ3n) is 3.01. The minimum absolute atomic E-state index is 0.258. The summed E-state index contributed by atoms with van der Waals surface area (Å²) < 4.78 is 13.5. The van der Waals surface area contributed by atoms with Gasteiger partial charge in [-0.05, 0) is 38.1 Å². The molecule has 5 heteroatoms. The lowest BCUT2D eigenvalue weighted by Gasteiger charge is -2.06. The molecule has 2 heterocycles. The molecule has 3 nitrogen and oxygen atoms in total. The van der Waals surface area contributed by atoms with Crippen LogP contribution < -0.4 is 5.32 Å². The van der Waals surface area contributed by atoms with Gasteiger partial charge in [0, 0.05) is 28.6 Å². The molecular weight excluding hydrogens is 273 g/mol. The minimum atomic E-state index is -0.258. The average Bonchev–Trinajstić information content (AvgIpc) is 2.87. The van der Waals surface area contributed by atoms with Gasteiger partial charge in [0.25, 0.3) is 0 Å². The summed E-state index contributed by atoms with van der Waals surface area (Å²) in [7, 11) is 0. The lowest BCUT2D eigenvalue weighted by molar-refractivity contribution is 0.629. The van der Waals surface area contributed by atoms with Crippen LogP contribution in [0.2, 0.25) is 0 Å². The van der Waals surface area contributed by atoms with Crippen LogP contribution in [-0.4, -0.2) is 16.5 Å². The maximum absolute atomic E-state index is 13.5. The number of pyridine rings is 1. The smallest absolute Gasteiger partial charge is 0.183 e. The molecule has 0 saturated carbocycles. The second-order valence-electron chi connectivity index (χ2n) is 4.54. The van der Waals surface area contributed by atoms with E-state index in [0.29, 0.717) is 0 Å². The predicted molar refractivity (Wildman–Crippen MR) is 81.7 cm³/mol. The molecule has 0 bridgehead atoms. The first-order valence-electron chi connectivity index (χ1n) is 6.44. The minimum Gasteiger partial charge on any atom is -0.362 e. The molecule has 102 valence electrons. The number of aromatic nitrogens is 2. The first-order valence-corrected chi connectivity index (χ1v) is 7.32. The van der Waals surface area contributed by atoms with Crippen molar-refractivity contribution in [2.24, 2.45) is 0 Å². The molecule has 3 rings (SSSR count). The van der Waals surface area contributed by atoms with Gasteiger partial charge in [0.15, 0.2) is 5.13 Å². The van der Waals surface area contributed by atoms with Crippen molar-refractivity contribution in [2.75, 3.05) is 11.9 Å². The molecule has 20 heavy (non-hydrogen) atoms. The van der Waals surface area contributed by atoms with E-state index >= 15 is 0 Å². The Kier molecular flexibility index (Phi) is 3.36. The highest BCUT2D eigenvalue weighted by Crippen LogP contribution is 2.31. The molecule has 1 aromatic carbocycles. The standard InChI is InChI=1S/C15H14FN3S/c1-3-17-15-19-14(8-20-15)11-6-9(2)18-13-5-4-10(16)7-12(11)13/h4-8H,3H2,1-2H3,(H,17,19). The molecule has 0 aliphatic carbocycles. The molecule has 0 spiro atoms. The van der Waals surface area contributed by atoms with Crippen LogP contribution in [0.15, 0.2) is 29.6 Å². The highest BCUT2D eigenvalue weighted by molar-refractivity contribution is 7.14. The van der Waals surface area contributed by atoms with Gasteiger partial charge in [-0.2, -0.15) is 0 Å². The van der Waals surface area contributed by atoms with Crippen molar-refractivity contribution < 1.29 is 4.39 Å². The number of rotatable bonds is 3. The third-order valence-corrected chi connectivity index (χ3v) is 3.81. The molecule has 3 aromatic rings. The largest absolute Gasteiger partial charge is 0.362 e. The van der Waals surface area contributed by atoms with Crippen LogP contribution in [0.1, 0.15) is 12.6 Å². The van der Waals surface area contributed by atoms with Crippen LogP contribution in [-0.2, 0) is 0 Å². The van der Waals surface area contributed by atoms with Gasteiger partial charge in [-0.25, -0.2) is 9.37 Å². The third kappa shape index (κ3) is 2.36. The summed E-state index contributed by atoms with van der Waals surface area (Å²) in [6, 6.07) is 6.61. The van der Waals surface area contributed by atoms with Crippen molar-refractivity contribution in [3.8, 4) is 11.3 Å². The number of hydrogen-bond donors (Lipinski definition) is 1. The Morgan fingerprint density at radius 2 is 2.10 bits per heavy atom. The SMILES string of the molecule is CCNc1nc(-c2cc(C)nc3ccc(F)cc23)cs1. The molecule has 0 unspecified atom stereocenters. The first-order chi connectivity index (χ1) is 9.67. The number of nitrogens with zero attached hydrogens (tertiary/aromatic N) is 2. The van der Waals surface area contributed by atoms with Crippen molar-refractivity contribution in [1.29, 1.82) is 0 Å². The van der Waals surface area contributed by atoms with E-state index in [1.807, 2.05) is 25.3 Å². The van der Waals surface area contributed by atoms with E-state index in [4.69, 9.17) is 0 Å². The van der Waals surface area contributed by atoms with Gasteiger partial charge in [0.05, 0.1) is 11.2 Å². The highest BCUT2D eigenvalue weighted by atomic mass is 32.1. The highest BCUT2D eigenvalue weighted by Gasteiger charge is 2.10. The summed E-state index contributed by atoms with van der Waals surface area (Å²) in [4.78, 5) is 8.99. The summed E-state index contributed by atoms with van der Waals surface area (Å²) in [6.45, 7) is 4.80. The van der Waals surface area contributed by atoms with E-state index in [1.54, 1.807) is 17.4 Å². The van der Waals surface area contributed by atoms with Gasteiger partial charge in [-0.3, -0.25) is 4.98 Å². The van der Waals surface area contributed by atoms with Crippen LogP contribution >= 0.6 is 11.3 Å². The number of hydrogen-bond acceptors (Lipinski definition) is 4. The molecule has 2 aromatic heterocycles. The second kappa shape index (κ2) is 5.17. The maximum Gasteiger partial charge on any atom is 0.183 e. The zero-order valence-corrected chi connectivity index (χ0v) is 12.1. The van der Waals surface area contributed by atoms with Crippen molar-refractivity contribution >= 4 is 27.4 Å². The summed E-state index contributed by atoms with van der Waals surface area (Å²) in [5, 5.41) is 6.84. The monoisotopic (exact) mass is 287 g/mol. The van der Waals surface area contributed by atoms with Crippen molar-refractivity contribution in [3.05, 3.63) is 41.2 Å². The van der Waals surface area contributed by atoms with E-state index in [2.05, 4.69) is 15.3 Å². The Bertz CT molecular complexity index is 767. The lowest BCUT2D eigenvalue weighted by Crippen LogP contribution is -1.95. The maximum atomic E-state index is 13.5. The quantitative estimate of drug-likeness (QED) is 0.783. The molecule has 0 amide bonds. The van der Waals surface area contributed by atoms with Crippen LogP contribution in [0.3, 0.4) is 0 Å². The Morgan fingerprint density at radius 1 is 1.25 bits per heavy atom. The van der Waals surface area contributed by atoms with Crippen LogP contribution in [0, 0.1) is 12.7 Å². The number of fused-ring (bicyclic) bond motifs is 1. The number of aryl methyl sites for hydroxylation is 1. The van der Waals surface area contributed by atoms with Crippen molar-refractivity contribution in [3.63, 3.8) is 0 Å². The van der Waals surface area contributed by atoms with E-state index in [0.717, 1.165) is 39.5 Å². The Balaban J connectivity index is 2.20. The van der Waals surface area contributed by atoms with Gasteiger partial charge in [0.2, 0.25) is 0 Å². The van der Waals surface area contributed by atoms with E-state index in [-0.39, 0.29) is 5.82 Å². The van der Waals surface area contributed by atoms with Gasteiger partial charge >= 0.3 is 0 Å². The van der Waals surface area contributed by atoms with Gasteiger partial charge in [-0.1, -0.05) is 0 Å². The zero-order chi connectivity index (χ0) is 14.1. The number of nitrogens with one attached hydrogen (secondary N) is 1. The summed E-state index contributed by atoms with van der Waals surface area (Å²) in [6.07, 6.45) is 0. The van der Waals surface area contributed by atoms with E-state index in [1.165, 1.54) is 12.1 Å². The molecular formula is C15H14FN3S. The van der Waals surface area contributed by atoms with Crippen LogP contribution in [0.4, 0.5) is 9.52 Å². The molecule has 0 aliphatic heterocycles. The van der Waals surface area contributed by atoms with Crippen molar-refractivity contribution in [1.82, 2.24) is 9.97 Å². The van der Waals surface area contributed by atoms with Crippen molar-refractivity contribution in [2.45, 2.75) is 13.8 Å². The number of thiazole rings is 1. The predicted octanol–water partition coefficient (Wildman–Crippen LogP) is 4.24. The van der Waals surface area contributed by atoms with Gasteiger partial charge < -0.3 is 5.32 Å². The number of halogens is 1. The fourth-order valence-electron chi connectivity index (χ4n) is 2.17. The first kappa shape index (κ1) is 13.0. The fourth-order valence-corrected chi connectivity index (χ4v) is 2.95. The Hall–Kier alpha value is -2.01. The summed E-state index contributed by atoms with van der Waals surface area (Å²) in [5.41, 5.74) is 3.47. The van der Waals surface area contributed by atoms with Gasteiger partial charge in [-0.15, -0.1) is 11.3 Å². The topological polar surface area (TPSA) is 37.8 Å². The summed E-state index contributed by atoms with van der Waals surface area (Å²) >= 11 is 1.55. The van der Waals surface area contributed by atoms with E-state index in [9.17, 15) is 4.39 Å². The van der Waals surface area contributed by atoms with Crippen LogP contribution in [0.5, 0.6) is 0 Å². The number of anilines is 1. The molecule has 0 fully saturated rings.